The van der Waals surface area contributed by atoms with E-state index in [4.69, 9.17) is 5.11 Å². The van der Waals surface area contributed by atoms with Crippen molar-refractivity contribution in [3.63, 3.8) is 0 Å². The van der Waals surface area contributed by atoms with E-state index in [0.717, 1.165) is 10.6 Å². The number of aryl methyl sites for hydroxylation is 1. The predicted molar refractivity (Wildman–Crippen MR) is 85.3 cm³/mol. The van der Waals surface area contributed by atoms with E-state index < -0.39 is 12.0 Å². The number of nitrogens with zero attached hydrogens (tertiary/aromatic N) is 2. The van der Waals surface area contributed by atoms with E-state index in [0.29, 0.717) is 17.0 Å². The molecule has 22 heavy (non-hydrogen) atoms. The largest absolute Gasteiger partial charge is 0.480 e. The lowest BCUT2D eigenvalue weighted by Gasteiger charge is -2.20. The van der Waals surface area contributed by atoms with Gasteiger partial charge in [0.2, 0.25) is 0 Å². The molecule has 1 heterocycles. The number of likely N-dealkylation sites (N-methyl/N-ethyl adjacent to an activating group) is 1. The Morgan fingerprint density at radius 3 is 2.55 bits per heavy atom. The topological polar surface area (TPSA) is 70.5 Å². The standard InChI is InChI=1S/C16H18N2O3S/c1-10-14(15(19)18(3)11(2)16(20)21)22-13(17-10)9-12-7-5-4-6-8-12/h4-8,11H,9H2,1-3H3,(H,20,21). The summed E-state index contributed by atoms with van der Waals surface area (Å²) in [5.41, 5.74) is 1.77. The van der Waals surface area contributed by atoms with Crippen molar-refractivity contribution >= 4 is 23.2 Å². The molecule has 2 rings (SSSR count). The first-order valence-corrected chi connectivity index (χ1v) is 7.72. The SMILES string of the molecule is Cc1nc(Cc2ccccc2)sc1C(=O)N(C)C(C)C(=O)O. The molecule has 0 radical (unpaired) electrons. The molecular formula is C16H18N2O3S. The van der Waals surface area contributed by atoms with Crippen LogP contribution in [0.25, 0.3) is 0 Å². The molecule has 0 aliphatic carbocycles. The number of carbonyl (C=O) groups excluding carboxylic acids is 1. The number of carbonyl (C=O) groups is 2. The van der Waals surface area contributed by atoms with Gasteiger partial charge >= 0.3 is 5.97 Å². The number of hydrogen-bond donors (Lipinski definition) is 1. The number of amides is 1. The Hall–Kier alpha value is -2.21. The number of hydrogen-bond acceptors (Lipinski definition) is 4. The Morgan fingerprint density at radius 1 is 1.32 bits per heavy atom. The van der Waals surface area contributed by atoms with Gasteiger partial charge in [-0.15, -0.1) is 11.3 Å². The summed E-state index contributed by atoms with van der Waals surface area (Å²) in [6, 6.07) is 9.03. The minimum atomic E-state index is -1.03. The number of thiazole rings is 1. The second-order valence-electron chi connectivity index (χ2n) is 5.11. The molecule has 1 aromatic heterocycles. The summed E-state index contributed by atoms with van der Waals surface area (Å²) in [4.78, 5) is 29.6. The van der Waals surface area contributed by atoms with Crippen molar-refractivity contribution < 1.29 is 14.7 Å². The molecule has 1 amide bonds. The van der Waals surface area contributed by atoms with Crippen LogP contribution in [0.3, 0.4) is 0 Å². The zero-order chi connectivity index (χ0) is 16.3. The van der Waals surface area contributed by atoms with E-state index in [1.165, 1.54) is 30.2 Å². The van der Waals surface area contributed by atoms with E-state index in [2.05, 4.69) is 4.98 Å². The average molecular weight is 318 g/mol. The lowest BCUT2D eigenvalue weighted by Crippen LogP contribution is -2.40. The molecule has 0 saturated heterocycles. The average Bonchev–Trinajstić information content (AvgIpc) is 2.86. The van der Waals surface area contributed by atoms with Crippen LogP contribution in [0.4, 0.5) is 0 Å². The van der Waals surface area contributed by atoms with E-state index in [-0.39, 0.29) is 5.91 Å². The van der Waals surface area contributed by atoms with Crippen molar-refractivity contribution in [3.8, 4) is 0 Å². The number of benzene rings is 1. The lowest BCUT2D eigenvalue weighted by atomic mass is 10.2. The van der Waals surface area contributed by atoms with E-state index in [1.807, 2.05) is 30.3 Å². The lowest BCUT2D eigenvalue weighted by molar-refractivity contribution is -0.141. The van der Waals surface area contributed by atoms with E-state index >= 15 is 0 Å². The highest BCUT2D eigenvalue weighted by Gasteiger charge is 2.26. The molecule has 0 aliphatic rings. The fourth-order valence-electron chi connectivity index (χ4n) is 2.00. The molecule has 6 heteroatoms. The van der Waals surface area contributed by atoms with E-state index in [1.54, 1.807) is 6.92 Å². The van der Waals surface area contributed by atoms with Gasteiger partial charge in [0.25, 0.3) is 5.91 Å². The fourth-order valence-corrected chi connectivity index (χ4v) is 3.08. The van der Waals surface area contributed by atoms with Crippen LogP contribution in [-0.2, 0) is 11.2 Å². The molecule has 0 fully saturated rings. The van der Waals surface area contributed by atoms with E-state index in [9.17, 15) is 9.59 Å². The van der Waals surface area contributed by atoms with Crippen LogP contribution >= 0.6 is 11.3 Å². The Bertz CT molecular complexity index is 682. The zero-order valence-corrected chi connectivity index (χ0v) is 13.6. The van der Waals surface area contributed by atoms with Crippen LogP contribution in [0.1, 0.15) is 32.9 Å². The predicted octanol–water partition coefficient (Wildman–Crippen LogP) is 2.59. The monoisotopic (exact) mass is 318 g/mol. The molecule has 5 nitrogen and oxygen atoms in total. The highest BCUT2D eigenvalue weighted by molar-refractivity contribution is 7.13. The normalized spacial score (nSPS) is 12.0. The van der Waals surface area contributed by atoms with Gasteiger partial charge in [0.15, 0.2) is 0 Å². The summed E-state index contributed by atoms with van der Waals surface area (Å²) in [5.74, 6) is -1.33. The van der Waals surface area contributed by atoms with Crippen molar-refractivity contribution in [2.45, 2.75) is 26.3 Å². The third-order valence-corrected chi connectivity index (χ3v) is 4.64. The van der Waals surface area contributed by atoms with Crippen LogP contribution < -0.4 is 0 Å². The second kappa shape index (κ2) is 6.70. The van der Waals surface area contributed by atoms with Gasteiger partial charge in [0.05, 0.1) is 10.7 Å². The smallest absolute Gasteiger partial charge is 0.326 e. The van der Waals surface area contributed by atoms with Crippen LogP contribution in [0.5, 0.6) is 0 Å². The number of aliphatic carboxylic acids is 1. The molecule has 0 aliphatic heterocycles. The molecule has 116 valence electrons. The number of carboxylic acid groups (broad SMARTS) is 1. The quantitative estimate of drug-likeness (QED) is 0.920. The summed E-state index contributed by atoms with van der Waals surface area (Å²) in [5, 5.41) is 9.86. The highest BCUT2D eigenvalue weighted by atomic mass is 32.1. The summed E-state index contributed by atoms with van der Waals surface area (Å²) >= 11 is 1.32. The van der Waals surface area contributed by atoms with Gasteiger partial charge in [-0.25, -0.2) is 9.78 Å². The number of carboxylic acids is 1. The summed E-state index contributed by atoms with van der Waals surface area (Å²) in [6.45, 7) is 3.26. The van der Waals surface area contributed by atoms with Crippen molar-refractivity contribution in [1.82, 2.24) is 9.88 Å². The molecule has 1 N–H and O–H groups in total. The van der Waals surface area contributed by atoms with Gasteiger partial charge in [0.1, 0.15) is 10.9 Å². The summed E-state index contributed by atoms with van der Waals surface area (Å²) in [7, 11) is 1.50. The van der Waals surface area contributed by atoms with Crippen molar-refractivity contribution in [1.29, 1.82) is 0 Å². The van der Waals surface area contributed by atoms with Gasteiger partial charge in [0, 0.05) is 13.5 Å². The van der Waals surface area contributed by atoms with Crippen molar-refractivity contribution in [3.05, 3.63) is 51.5 Å². The minimum absolute atomic E-state index is 0.302. The summed E-state index contributed by atoms with van der Waals surface area (Å²) in [6.07, 6.45) is 0.665. The van der Waals surface area contributed by atoms with Gasteiger partial charge < -0.3 is 10.0 Å². The van der Waals surface area contributed by atoms with Crippen molar-refractivity contribution in [2.75, 3.05) is 7.05 Å². The molecule has 1 atom stereocenters. The number of rotatable bonds is 5. The summed E-state index contributed by atoms with van der Waals surface area (Å²) < 4.78 is 0. The Labute approximate surface area is 133 Å². The number of aromatic nitrogens is 1. The molecule has 0 bridgehead atoms. The minimum Gasteiger partial charge on any atom is -0.480 e. The van der Waals surface area contributed by atoms with Crippen LogP contribution in [0.2, 0.25) is 0 Å². The third kappa shape index (κ3) is 3.51. The molecule has 1 unspecified atom stereocenters. The maximum absolute atomic E-state index is 12.4. The Kier molecular flexibility index (Phi) is 4.92. The first-order valence-electron chi connectivity index (χ1n) is 6.90. The van der Waals surface area contributed by atoms with Gasteiger partial charge in [-0.3, -0.25) is 4.79 Å². The second-order valence-corrected chi connectivity index (χ2v) is 6.20. The van der Waals surface area contributed by atoms with Gasteiger partial charge in [-0.2, -0.15) is 0 Å². The first kappa shape index (κ1) is 16.2. The maximum Gasteiger partial charge on any atom is 0.326 e. The van der Waals surface area contributed by atoms with Crippen LogP contribution in [-0.4, -0.2) is 40.0 Å². The molecule has 2 aromatic rings. The Morgan fingerprint density at radius 2 is 1.95 bits per heavy atom. The van der Waals surface area contributed by atoms with Crippen LogP contribution in [0.15, 0.2) is 30.3 Å². The molecule has 0 spiro atoms. The third-order valence-electron chi connectivity index (χ3n) is 3.49. The zero-order valence-electron chi connectivity index (χ0n) is 12.7. The van der Waals surface area contributed by atoms with Gasteiger partial charge in [-0.1, -0.05) is 30.3 Å². The van der Waals surface area contributed by atoms with Gasteiger partial charge in [-0.05, 0) is 19.4 Å². The first-order chi connectivity index (χ1) is 10.4. The Balaban J connectivity index is 2.19. The van der Waals surface area contributed by atoms with Crippen molar-refractivity contribution in [2.24, 2.45) is 0 Å². The maximum atomic E-state index is 12.4. The fraction of sp³-hybridized carbons (Fsp3) is 0.312. The molecule has 1 aromatic carbocycles. The van der Waals surface area contributed by atoms with Crippen LogP contribution in [0, 0.1) is 6.92 Å². The highest BCUT2D eigenvalue weighted by Crippen LogP contribution is 2.22. The molecular weight excluding hydrogens is 300 g/mol. The molecule has 0 saturated carbocycles.